The molecule has 23 heavy (non-hydrogen) atoms. The number of carbonyl (C=O) groups is 1. The molecule has 0 aromatic heterocycles. The van der Waals surface area contributed by atoms with Crippen LogP contribution in [0, 0.1) is 5.92 Å². The Kier molecular flexibility index (Phi) is 15.1. The smallest absolute Gasteiger partial charge is 0.303 e. The number of hydrogen-bond donors (Lipinski definition) is 1. The van der Waals surface area contributed by atoms with Crippen LogP contribution in [0.15, 0.2) is 23.8 Å². The molecule has 134 valence electrons. The van der Waals surface area contributed by atoms with E-state index >= 15 is 0 Å². The Bertz CT molecular complexity index is 338. The Labute approximate surface area is 144 Å². The number of carboxylic acid groups (broad SMARTS) is 1. The molecular weight excluding hydrogens is 284 g/mol. The predicted octanol–water partition coefficient (Wildman–Crippen LogP) is 6.91. The lowest BCUT2D eigenvalue weighted by Crippen LogP contribution is -1.93. The minimum Gasteiger partial charge on any atom is -0.481 e. The first kappa shape index (κ1) is 21.9. The monoisotopic (exact) mass is 322 g/mol. The van der Waals surface area contributed by atoms with Gasteiger partial charge in [0.2, 0.25) is 0 Å². The van der Waals surface area contributed by atoms with Gasteiger partial charge in [-0.3, -0.25) is 4.79 Å². The summed E-state index contributed by atoms with van der Waals surface area (Å²) in [6.45, 7) is 6.68. The second-order valence-corrected chi connectivity index (χ2v) is 7.08. The molecule has 0 saturated carbocycles. The van der Waals surface area contributed by atoms with E-state index in [1.165, 1.54) is 63.4 Å². The van der Waals surface area contributed by atoms with E-state index in [2.05, 4.69) is 39.0 Å². The normalized spacial score (nSPS) is 12.5. The van der Waals surface area contributed by atoms with Gasteiger partial charge in [-0.25, -0.2) is 0 Å². The minimum atomic E-state index is -0.664. The van der Waals surface area contributed by atoms with Crippen molar-refractivity contribution in [1.82, 2.24) is 0 Å². The summed E-state index contributed by atoms with van der Waals surface area (Å²) in [4.78, 5) is 10.4. The molecule has 0 saturated heterocycles. The van der Waals surface area contributed by atoms with Crippen LogP contribution in [0.25, 0.3) is 0 Å². The quantitative estimate of drug-likeness (QED) is 0.263. The SMILES string of the molecule is CC(C)=CCCC(C)C/C=C/CCCCCCCCCC(=O)O. The third-order valence-electron chi connectivity index (χ3n) is 4.18. The number of allylic oxidation sites excluding steroid dienone is 4. The van der Waals surface area contributed by atoms with Crippen LogP contribution in [0.5, 0.6) is 0 Å². The zero-order valence-corrected chi connectivity index (χ0v) is 15.7. The molecule has 0 heterocycles. The van der Waals surface area contributed by atoms with Crippen molar-refractivity contribution in [3.63, 3.8) is 0 Å². The number of carboxylic acids is 1. The summed E-state index contributed by atoms with van der Waals surface area (Å²) in [6, 6.07) is 0. The van der Waals surface area contributed by atoms with E-state index in [0.29, 0.717) is 6.42 Å². The molecule has 1 atom stereocenters. The molecule has 0 aliphatic carbocycles. The fraction of sp³-hybridized carbons (Fsp3) is 0.762. The summed E-state index contributed by atoms with van der Waals surface area (Å²) < 4.78 is 0. The van der Waals surface area contributed by atoms with Crippen LogP contribution in [0.4, 0.5) is 0 Å². The highest BCUT2D eigenvalue weighted by molar-refractivity contribution is 5.66. The lowest BCUT2D eigenvalue weighted by atomic mass is 10.0. The molecule has 1 unspecified atom stereocenters. The number of aliphatic carboxylic acids is 1. The molecule has 0 aromatic rings. The van der Waals surface area contributed by atoms with Crippen molar-refractivity contribution < 1.29 is 9.90 Å². The standard InChI is InChI=1S/C21H38O2/c1-19(2)15-14-17-20(3)16-12-10-8-6-4-5-7-9-11-13-18-21(22)23/h10,12,15,20H,4-9,11,13-14,16-18H2,1-3H3,(H,22,23)/b12-10+. The van der Waals surface area contributed by atoms with Crippen LogP contribution >= 0.6 is 0 Å². The number of unbranched alkanes of at least 4 members (excludes halogenated alkanes) is 7. The Hall–Kier alpha value is -1.05. The number of rotatable bonds is 15. The molecule has 0 fully saturated rings. The van der Waals surface area contributed by atoms with E-state index in [1.807, 2.05) is 0 Å². The highest BCUT2D eigenvalue weighted by atomic mass is 16.4. The fourth-order valence-corrected chi connectivity index (χ4v) is 2.64. The van der Waals surface area contributed by atoms with Crippen molar-refractivity contribution >= 4 is 5.97 Å². The molecule has 0 rings (SSSR count). The molecule has 0 spiro atoms. The van der Waals surface area contributed by atoms with Gasteiger partial charge in [0.25, 0.3) is 0 Å². The Morgan fingerprint density at radius 3 is 2.13 bits per heavy atom. The topological polar surface area (TPSA) is 37.3 Å². The molecule has 2 heteroatoms. The first-order valence-corrected chi connectivity index (χ1v) is 9.52. The van der Waals surface area contributed by atoms with E-state index in [-0.39, 0.29) is 0 Å². The van der Waals surface area contributed by atoms with Gasteiger partial charge in [0.05, 0.1) is 0 Å². The van der Waals surface area contributed by atoms with Gasteiger partial charge in [-0.1, -0.05) is 62.8 Å². The maximum atomic E-state index is 10.4. The predicted molar refractivity (Wildman–Crippen MR) is 101 cm³/mol. The van der Waals surface area contributed by atoms with E-state index in [0.717, 1.165) is 18.8 Å². The molecule has 0 radical (unpaired) electrons. The molecule has 0 aliphatic heterocycles. The zero-order chi connectivity index (χ0) is 17.3. The second-order valence-electron chi connectivity index (χ2n) is 7.08. The van der Waals surface area contributed by atoms with Crippen molar-refractivity contribution in [2.45, 2.75) is 97.8 Å². The third kappa shape index (κ3) is 18.9. The van der Waals surface area contributed by atoms with Crippen LogP contribution in [0.3, 0.4) is 0 Å². The zero-order valence-electron chi connectivity index (χ0n) is 15.7. The van der Waals surface area contributed by atoms with Crippen molar-refractivity contribution in [2.75, 3.05) is 0 Å². The molecular formula is C21H38O2. The van der Waals surface area contributed by atoms with Gasteiger partial charge in [0.1, 0.15) is 0 Å². The van der Waals surface area contributed by atoms with Gasteiger partial charge in [-0.15, -0.1) is 0 Å². The Balaban J connectivity index is 3.31. The second kappa shape index (κ2) is 15.8. The summed E-state index contributed by atoms with van der Waals surface area (Å²) in [6.07, 6.45) is 20.5. The fourth-order valence-electron chi connectivity index (χ4n) is 2.64. The summed E-state index contributed by atoms with van der Waals surface area (Å²) in [5.41, 5.74) is 1.43. The first-order chi connectivity index (χ1) is 11.0. The van der Waals surface area contributed by atoms with E-state index in [9.17, 15) is 4.79 Å². The van der Waals surface area contributed by atoms with Crippen LogP contribution in [-0.2, 0) is 4.79 Å². The van der Waals surface area contributed by atoms with E-state index in [4.69, 9.17) is 5.11 Å². The molecule has 0 amide bonds. The van der Waals surface area contributed by atoms with E-state index < -0.39 is 5.97 Å². The molecule has 0 aromatic carbocycles. The van der Waals surface area contributed by atoms with Crippen LogP contribution < -0.4 is 0 Å². The average Bonchev–Trinajstić information content (AvgIpc) is 2.47. The molecule has 0 bridgehead atoms. The lowest BCUT2D eigenvalue weighted by molar-refractivity contribution is -0.137. The van der Waals surface area contributed by atoms with Gasteiger partial charge in [0.15, 0.2) is 0 Å². The molecule has 2 nitrogen and oxygen atoms in total. The Morgan fingerprint density at radius 2 is 1.52 bits per heavy atom. The van der Waals surface area contributed by atoms with Crippen LogP contribution in [-0.4, -0.2) is 11.1 Å². The summed E-state index contributed by atoms with van der Waals surface area (Å²) in [7, 11) is 0. The first-order valence-electron chi connectivity index (χ1n) is 9.52. The van der Waals surface area contributed by atoms with Crippen molar-refractivity contribution in [3.05, 3.63) is 23.8 Å². The van der Waals surface area contributed by atoms with Crippen molar-refractivity contribution in [3.8, 4) is 0 Å². The van der Waals surface area contributed by atoms with Crippen LogP contribution in [0.2, 0.25) is 0 Å². The van der Waals surface area contributed by atoms with Crippen LogP contribution in [0.1, 0.15) is 97.8 Å². The van der Waals surface area contributed by atoms with Gasteiger partial charge in [-0.05, 0) is 58.3 Å². The maximum Gasteiger partial charge on any atom is 0.303 e. The molecule has 0 aliphatic rings. The average molecular weight is 323 g/mol. The van der Waals surface area contributed by atoms with Gasteiger partial charge in [-0.2, -0.15) is 0 Å². The molecule has 1 N–H and O–H groups in total. The Morgan fingerprint density at radius 1 is 0.913 bits per heavy atom. The van der Waals surface area contributed by atoms with Crippen molar-refractivity contribution in [2.24, 2.45) is 5.92 Å². The third-order valence-corrected chi connectivity index (χ3v) is 4.18. The highest BCUT2D eigenvalue weighted by Crippen LogP contribution is 2.13. The van der Waals surface area contributed by atoms with Gasteiger partial charge in [0, 0.05) is 6.42 Å². The highest BCUT2D eigenvalue weighted by Gasteiger charge is 1.98. The summed E-state index contributed by atoms with van der Waals surface area (Å²) in [5.74, 6) is 0.121. The van der Waals surface area contributed by atoms with Gasteiger partial charge < -0.3 is 5.11 Å². The maximum absolute atomic E-state index is 10.4. The van der Waals surface area contributed by atoms with Gasteiger partial charge >= 0.3 is 5.97 Å². The lowest BCUT2D eigenvalue weighted by Gasteiger charge is -2.06. The summed E-state index contributed by atoms with van der Waals surface area (Å²) >= 11 is 0. The summed E-state index contributed by atoms with van der Waals surface area (Å²) in [5, 5.41) is 8.55. The van der Waals surface area contributed by atoms with Crippen molar-refractivity contribution in [1.29, 1.82) is 0 Å². The minimum absolute atomic E-state index is 0.331. The number of hydrogen-bond acceptors (Lipinski definition) is 1. The largest absolute Gasteiger partial charge is 0.481 e. The van der Waals surface area contributed by atoms with E-state index in [1.54, 1.807) is 0 Å².